The molecule has 24 heteroatoms. The first-order chi connectivity index (χ1) is 46.3. The molecule has 1 aliphatic heterocycles. The van der Waals surface area contributed by atoms with E-state index in [1.807, 2.05) is 0 Å². The van der Waals surface area contributed by atoms with Gasteiger partial charge in [0.1, 0.15) is 69.1 Å². The maximum Gasteiger partial charge on any atom is 0.460 e. The Morgan fingerprint density at radius 3 is 0.521 bits per heavy atom. The molecule has 6 aromatic carbocycles. The molecule has 0 unspecified atom stereocenters. The van der Waals surface area contributed by atoms with Crippen LogP contribution >= 0.6 is 23.0 Å². The van der Waals surface area contributed by atoms with Crippen molar-refractivity contribution >= 4 is 93.3 Å². The number of para-hydroxylation sites is 6. The molecule has 492 valence electrons. The Hall–Kier alpha value is -11.5. The molecule has 0 radical (unpaired) electrons. The number of hydrogen-bond acceptors (Lipinski definition) is 21. The fourth-order valence-corrected chi connectivity index (χ4v) is 17.7. The van der Waals surface area contributed by atoms with Gasteiger partial charge >= 0.3 is 58.8 Å². The van der Waals surface area contributed by atoms with Crippen LogP contribution in [0.25, 0.3) is 34.6 Å². The van der Waals surface area contributed by atoms with Gasteiger partial charge in [-0.1, -0.05) is 126 Å². The summed E-state index contributed by atoms with van der Waals surface area (Å²) in [4.78, 5) is 79.2. The first-order valence-corrected chi connectivity index (χ1v) is 33.6. The Morgan fingerprint density at radius 2 is 0.396 bits per heavy atom. The van der Waals surface area contributed by atoms with Gasteiger partial charge in [-0.25, -0.2) is 28.8 Å². The van der Waals surface area contributed by atoms with Gasteiger partial charge in [-0.05, 0) is 151 Å². The summed E-state index contributed by atoms with van der Waals surface area (Å²) in [6.07, 6.45) is 14.7. The summed E-state index contributed by atoms with van der Waals surface area (Å²) < 4.78 is 96.0. The second-order valence-electron chi connectivity index (χ2n) is 18.9. The molecule has 0 amide bonds. The first-order valence-electron chi connectivity index (χ1n) is 29.0. The quantitative estimate of drug-likeness (QED) is 0.0134. The largest absolute Gasteiger partial charge is 0.460 e. The Kier molecular flexibility index (Phi) is 25.4. The van der Waals surface area contributed by atoms with Crippen LogP contribution in [0.5, 0.6) is 34.5 Å². The summed E-state index contributed by atoms with van der Waals surface area (Å²) in [6.45, 7) is 31.2. The number of benzene rings is 6. The van der Waals surface area contributed by atoms with Gasteiger partial charge in [-0.15, -0.1) is 0 Å². The number of rotatable bonds is 30. The lowest BCUT2D eigenvalue weighted by Crippen LogP contribution is -2.14. The van der Waals surface area contributed by atoms with Crippen molar-refractivity contribution in [2.45, 2.75) is 41.5 Å². The van der Waals surface area contributed by atoms with Crippen molar-refractivity contribution in [3.63, 3.8) is 0 Å². The summed E-state index contributed by atoms with van der Waals surface area (Å²) in [5.74, 6) is -6.34. The van der Waals surface area contributed by atoms with Gasteiger partial charge in [-0.3, -0.25) is 0 Å². The standard InChI is InChI=1S/C72H66N3O18P3/c1-13-55(82-67(76)19-7)49-37-25-31-43-61(49)88-94(89-62-44-32-26-38-50(62)56(14-2)83-68(77)20-8)73-95(90-63-45-33-27-39-51(63)57(15-3)84-69(78)21-9,91-64-46-34-28-40-52(64)58(16-4)85-70(79)22-10)75-96(74-94,92-65-47-35-29-41-53(65)59(17-5)86-71(80)23-11)93-66-48-36-30-42-54(66)60(18-6)87-72(81)24-12/h13-48H,7-12H2,1-6H3/b55-13+,56-14+,57-15+,58-16+,59-17+,60-18+. The summed E-state index contributed by atoms with van der Waals surface area (Å²) in [6, 6.07) is 37.7. The highest BCUT2D eigenvalue weighted by atomic mass is 31.3. The number of carbonyl (C=O) groups excluding carboxylic acids is 6. The van der Waals surface area contributed by atoms with Crippen LogP contribution in [-0.4, -0.2) is 35.8 Å². The predicted molar refractivity (Wildman–Crippen MR) is 370 cm³/mol. The molecule has 6 aromatic rings. The molecule has 0 fully saturated rings. The lowest BCUT2D eigenvalue weighted by molar-refractivity contribution is -0.132. The second kappa shape index (κ2) is 33.9. The number of hydrogen-bond donors (Lipinski definition) is 0. The third kappa shape index (κ3) is 18.0. The van der Waals surface area contributed by atoms with Gasteiger partial charge in [0.25, 0.3) is 0 Å². The molecule has 1 aliphatic rings. The normalized spacial score (nSPS) is 15.1. The monoisotopic (exact) mass is 1350 g/mol. The zero-order valence-corrected chi connectivity index (χ0v) is 55.7. The van der Waals surface area contributed by atoms with E-state index in [0.717, 1.165) is 36.5 Å². The van der Waals surface area contributed by atoms with Crippen LogP contribution in [0.2, 0.25) is 0 Å². The molecule has 0 bridgehead atoms. The van der Waals surface area contributed by atoms with Gasteiger partial charge in [0.2, 0.25) is 0 Å². The second-order valence-corrected chi connectivity index (χ2v) is 25.1. The molecule has 0 saturated heterocycles. The predicted octanol–water partition coefficient (Wildman–Crippen LogP) is 18.9. The Bertz CT molecular complexity index is 3750. The van der Waals surface area contributed by atoms with Crippen molar-refractivity contribution in [3.05, 3.63) is 291 Å². The molecule has 0 saturated carbocycles. The molecule has 0 aliphatic carbocycles. The van der Waals surface area contributed by atoms with E-state index in [1.54, 1.807) is 151 Å². The number of ether oxygens (including phenoxy) is 6. The number of allylic oxidation sites excluding steroid dienone is 6. The Morgan fingerprint density at radius 1 is 0.260 bits per heavy atom. The maximum atomic E-state index is 13.2. The number of esters is 6. The minimum Gasteiger partial charge on any atom is -0.423 e. The van der Waals surface area contributed by atoms with Crippen molar-refractivity contribution < 1.29 is 84.3 Å². The van der Waals surface area contributed by atoms with Crippen LogP contribution in [0.4, 0.5) is 0 Å². The molecular weight excluding hydrogens is 1290 g/mol. The van der Waals surface area contributed by atoms with Gasteiger partial charge < -0.3 is 55.6 Å². The summed E-state index contributed by atoms with van der Waals surface area (Å²) in [7, 11) is -15.7. The lowest BCUT2D eigenvalue weighted by atomic mass is 10.1. The van der Waals surface area contributed by atoms with Gasteiger partial charge in [0.15, 0.2) is 0 Å². The van der Waals surface area contributed by atoms with Crippen molar-refractivity contribution in [1.82, 2.24) is 0 Å². The highest BCUT2D eigenvalue weighted by Gasteiger charge is 2.51. The van der Waals surface area contributed by atoms with E-state index < -0.39 is 58.8 Å². The van der Waals surface area contributed by atoms with E-state index in [1.165, 1.54) is 72.9 Å². The zero-order valence-electron chi connectivity index (χ0n) is 53.1. The van der Waals surface area contributed by atoms with Crippen molar-refractivity contribution in [2.24, 2.45) is 13.5 Å². The average Bonchev–Trinajstić information content (AvgIpc) is 0.727. The first kappa shape index (κ1) is 71.9. The zero-order chi connectivity index (χ0) is 69.4. The molecule has 0 aromatic heterocycles. The summed E-state index contributed by atoms with van der Waals surface area (Å²) in [5, 5.41) is 0. The Balaban J connectivity index is 1.85. The van der Waals surface area contributed by atoms with E-state index in [2.05, 4.69) is 39.5 Å². The molecular formula is C72H66N3O18P3. The van der Waals surface area contributed by atoms with Crippen LogP contribution in [0.1, 0.15) is 74.9 Å². The molecule has 21 nitrogen and oxygen atoms in total. The van der Waals surface area contributed by atoms with E-state index in [-0.39, 0.29) is 102 Å². The van der Waals surface area contributed by atoms with Gasteiger partial charge in [0, 0.05) is 36.5 Å². The molecule has 0 atom stereocenters. The highest BCUT2D eigenvalue weighted by Crippen LogP contribution is 2.79. The molecule has 0 spiro atoms. The van der Waals surface area contributed by atoms with Crippen molar-refractivity contribution in [1.29, 1.82) is 0 Å². The molecule has 1 heterocycles. The van der Waals surface area contributed by atoms with Crippen molar-refractivity contribution in [3.8, 4) is 34.5 Å². The third-order valence-electron chi connectivity index (χ3n) is 12.7. The van der Waals surface area contributed by atoms with E-state index >= 15 is 0 Å². The van der Waals surface area contributed by atoms with E-state index in [0.29, 0.717) is 0 Å². The minimum atomic E-state index is -5.23. The molecule has 7 rings (SSSR count). The average molecular weight is 1350 g/mol. The highest BCUT2D eigenvalue weighted by molar-refractivity contribution is 7.79. The SMILES string of the molecule is C=CC(=O)O/C(=C/C)c1ccccc1OP1(Oc2ccccc2/C(=C\C)OC(=O)C=C)=NP(Oc2ccccc2/C(=C\C)OC(=O)C=C)(Oc2ccccc2/C(=C\C)OC(=O)C=C)=NP(Oc2ccccc2/C(=C\C)OC(=O)C=C)(Oc2ccccc2/C(=C\C)OC(=O)C=C)=N1. The Labute approximate surface area is 556 Å². The summed E-state index contributed by atoms with van der Waals surface area (Å²) in [5.41, 5.74) is 0.602. The van der Waals surface area contributed by atoms with Crippen molar-refractivity contribution in [2.75, 3.05) is 0 Å². The summed E-state index contributed by atoms with van der Waals surface area (Å²) >= 11 is 0. The number of carbonyl (C=O) groups is 6. The van der Waals surface area contributed by atoms with Crippen LogP contribution in [0.15, 0.2) is 272 Å². The van der Waals surface area contributed by atoms with Crippen LogP contribution < -0.4 is 27.1 Å². The van der Waals surface area contributed by atoms with Gasteiger partial charge in [0.05, 0.1) is 33.4 Å². The fraction of sp³-hybridized carbons (Fsp3) is 0.0833. The smallest absolute Gasteiger partial charge is 0.423 e. The minimum absolute atomic E-state index is 0.0575. The van der Waals surface area contributed by atoms with Crippen LogP contribution in [0.3, 0.4) is 0 Å². The van der Waals surface area contributed by atoms with Crippen LogP contribution in [-0.2, 0) is 57.2 Å². The topological polar surface area (TPSA) is 250 Å². The van der Waals surface area contributed by atoms with E-state index in [4.69, 9.17) is 69.1 Å². The maximum absolute atomic E-state index is 13.2. The molecule has 0 N–H and O–H groups in total. The number of nitrogens with zero attached hydrogens (tertiary/aromatic N) is 3. The molecule has 96 heavy (non-hydrogen) atoms. The third-order valence-corrected chi connectivity index (χ3v) is 20.8. The van der Waals surface area contributed by atoms with Crippen LogP contribution in [0, 0.1) is 0 Å². The van der Waals surface area contributed by atoms with E-state index in [9.17, 15) is 28.8 Å². The fourth-order valence-electron chi connectivity index (χ4n) is 8.54. The van der Waals surface area contributed by atoms with Gasteiger partial charge in [-0.2, -0.15) is 0 Å². The lowest BCUT2D eigenvalue weighted by Gasteiger charge is -2.34.